The molecule has 156 valence electrons. The zero-order valence-corrected chi connectivity index (χ0v) is 15.8. The molecule has 0 bridgehead atoms. The lowest BCUT2D eigenvalue weighted by Crippen LogP contribution is -2.33. The van der Waals surface area contributed by atoms with Crippen LogP contribution >= 0.6 is 0 Å². The molecule has 3 rings (SSSR count). The Kier molecular flexibility index (Phi) is 6.41. The highest BCUT2D eigenvalue weighted by molar-refractivity contribution is 6.21. The van der Waals surface area contributed by atoms with Crippen molar-refractivity contribution in [2.45, 2.75) is 6.61 Å². The van der Waals surface area contributed by atoms with Crippen LogP contribution in [0.4, 0.5) is 8.78 Å². The van der Waals surface area contributed by atoms with Crippen molar-refractivity contribution >= 4 is 23.9 Å². The van der Waals surface area contributed by atoms with E-state index in [9.17, 15) is 23.2 Å². The van der Waals surface area contributed by atoms with Gasteiger partial charge in [0.2, 0.25) is 0 Å². The smallest absolute Gasteiger partial charge is 0.387 e. The van der Waals surface area contributed by atoms with E-state index in [0.717, 1.165) is 11.0 Å². The molecule has 0 spiro atoms. The number of hydrogen-bond donors (Lipinski definition) is 0. The van der Waals surface area contributed by atoms with Crippen molar-refractivity contribution in [1.82, 2.24) is 4.90 Å². The summed E-state index contributed by atoms with van der Waals surface area (Å²) in [4.78, 5) is 37.4. The number of halogens is 2. The lowest BCUT2D eigenvalue weighted by atomic mass is 10.1. The molecular weight excluding hydrogens is 400 g/mol. The number of carbonyl (C=O) groups is 3. The van der Waals surface area contributed by atoms with Crippen LogP contribution in [0.25, 0.3) is 6.08 Å². The summed E-state index contributed by atoms with van der Waals surface area (Å²) in [5.74, 6) is -1.61. The highest BCUT2D eigenvalue weighted by Crippen LogP contribution is 2.29. The largest absolute Gasteiger partial charge is 0.493 e. The molecule has 30 heavy (non-hydrogen) atoms. The number of hydrogen-bond acceptors (Lipinski definition) is 6. The number of esters is 1. The first-order chi connectivity index (χ1) is 14.4. The second-order valence-corrected chi connectivity index (χ2v) is 6.10. The van der Waals surface area contributed by atoms with Gasteiger partial charge in [-0.1, -0.05) is 18.2 Å². The van der Waals surface area contributed by atoms with Gasteiger partial charge < -0.3 is 14.2 Å². The zero-order valence-electron chi connectivity index (χ0n) is 15.8. The summed E-state index contributed by atoms with van der Waals surface area (Å²) in [6, 6.07) is 10.6. The number of alkyl halides is 2. The van der Waals surface area contributed by atoms with Crippen LogP contribution in [0.15, 0.2) is 48.5 Å². The maximum atomic E-state index is 12.3. The monoisotopic (exact) mass is 417 g/mol. The van der Waals surface area contributed by atoms with Gasteiger partial charge in [-0.3, -0.25) is 14.5 Å². The van der Waals surface area contributed by atoms with Crippen molar-refractivity contribution in [3.05, 3.63) is 65.2 Å². The number of ether oxygens (including phenoxy) is 3. The highest BCUT2D eigenvalue weighted by Gasteiger charge is 2.34. The summed E-state index contributed by atoms with van der Waals surface area (Å²) in [7, 11) is 1.30. The van der Waals surface area contributed by atoms with E-state index in [-0.39, 0.29) is 24.7 Å². The van der Waals surface area contributed by atoms with Gasteiger partial charge in [-0.2, -0.15) is 8.78 Å². The molecule has 2 amide bonds. The summed E-state index contributed by atoms with van der Waals surface area (Å²) in [6.45, 7) is -3.23. The van der Waals surface area contributed by atoms with E-state index in [0.29, 0.717) is 16.7 Å². The third-order valence-corrected chi connectivity index (χ3v) is 4.25. The topological polar surface area (TPSA) is 82.1 Å². The molecule has 1 heterocycles. The normalized spacial score (nSPS) is 13.1. The van der Waals surface area contributed by atoms with Crippen LogP contribution in [0, 0.1) is 0 Å². The van der Waals surface area contributed by atoms with Crippen molar-refractivity contribution in [1.29, 1.82) is 0 Å². The fraction of sp³-hybridized carbons (Fsp3) is 0.190. The number of methoxy groups -OCH3 is 1. The summed E-state index contributed by atoms with van der Waals surface area (Å²) >= 11 is 0. The van der Waals surface area contributed by atoms with Gasteiger partial charge in [-0.25, -0.2) is 4.79 Å². The summed E-state index contributed by atoms with van der Waals surface area (Å²) < 4.78 is 39.0. The molecule has 0 fully saturated rings. The Morgan fingerprint density at radius 3 is 2.33 bits per heavy atom. The predicted octanol–water partition coefficient (Wildman–Crippen LogP) is 3.15. The molecule has 0 aromatic heterocycles. The van der Waals surface area contributed by atoms with Crippen LogP contribution in [-0.2, 0) is 9.53 Å². The number of rotatable bonds is 8. The Morgan fingerprint density at radius 1 is 1.07 bits per heavy atom. The van der Waals surface area contributed by atoms with Crippen molar-refractivity contribution in [2.75, 3.05) is 20.3 Å². The van der Waals surface area contributed by atoms with Crippen molar-refractivity contribution in [2.24, 2.45) is 0 Å². The SMILES string of the molecule is COc1cc(/C=C/C(=O)OCCN2C(=O)c3ccccc3C2=O)ccc1OC(F)F. The van der Waals surface area contributed by atoms with Gasteiger partial charge >= 0.3 is 12.6 Å². The van der Waals surface area contributed by atoms with E-state index in [4.69, 9.17) is 9.47 Å². The van der Waals surface area contributed by atoms with Crippen molar-refractivity contribution < 1.29 is 37.4 Å². The van der Waals surface area contributed by atoms with Crippen LogP contribution in [0.2, 0.25) is 0 Å². The van der Waals surface area contributed by atoms with E-state index in [2.05, 4.69) is 4.74 Å². The van der Waals surface area contributed by atoms with Crippen LogP contribution in [0.3, 0.4) is 0 Å². The lowest BCUT2D eigenvalue weighted by molar-refractivity contribution is -0.137. The van der Waals surface area contributed by atoms with Crippen LogP contribution < -0.4 is 9.47 Å². The maximum Gasteiger partial charge on any atom is 0.387 e. The Hall–Kier alpha value is -3.75. The molecule has 7 nitrogen and oxygen atoms in total. The van der Waals surface area contributed by atoms with Gasteiger partial charge in [0, 0.05) is 6.08 Å². The van der Waals surface area contributed by atoms with Gasteiger partial charge in [0.25, 0.3) is 11.8 Å². The first-order valence-corrected chi connectivity index (χ1v) is 8.83. The molecule has 0 saturated heterocycles. The molecule has 1 aliphatic heterocycles. The van der Waals surface area contributed by atoms with E-state index >= 15 is 0 Å². The van der Waals surface area contributed by atoms with Crippen LogP contribution in [-0.4, -0.2) is 49.6 Å². The Balaban J connectivity index is 1.53. The Labute approximate surface area is 170 Å². The number of fused-ring (bicyclic) bond motifs is 1. The molecule has 0 aliphatic carbocycles. The van der Waals surface area contributed by atoms with E-state index in [1.807, 2.05) is 0 Å². The minimum atomic E-state index is -2.99. The Bertz CT molecular complexity index is 970. The van der Waals surface area contributed by atoms with E-state index in [1.54, 1.807) is 24.3 Å². The number of nitrogens with zero attached hydrogens (tertiary/aromatic N) is 1. The summed E-state index contributed by atoms with van der Waals surface area (Å²) in [5, 5.41) is 0. The average molecular weight is 417 g/mol. The van der Waals surface area contributed by atoms with Crippen LogP contribution in [0.1, 0.15) is 26.3 Å². The molecule has 2 aromatic carbocycles. The molecule has 0 atom stereocenters. The second kappa shape index (κ2) is 9.17. The van der Waals surface area contributed by atoms with Crippen LogP contribution in [0.5, 0.6) is 11.5 Å². The minimum absolute atomic E-state index is 0.0700. The fourth-order valence-electron chi connectivity index (χ4n) is 2.87. The van der Waals surface area contributed by atoms with Gasteiger partial charge in [0.05, 0.1) is 24.8 Å². The van der Waals surface area contributed by atoms with Gasteiger partial charge in [0.15, 0.2) is 11.5 Å². The predicted molar refractivity (Wildman–Crippen MR) is 101 cm³/mol. The lowest BCUT2D eigenvalue weighted by Gasteiger charge is -2.13. The second-order valence-electron chi connectivity index (χ2n) is 6.10. The molecule has 2 aromatic rings. The fourth-order valence-corrected chi connectivity index (χ4v) is 2.87. The standard InChI is InChI=1S/C21H17F2NO6/c1-28-17-12-13(6-8-16(17)30-21(22)23)7-9-18(25)29-11-10-24-19(26)14-4-2-3-5-15(14)20(24)27/h2-9,12,21H,10-11H2,1H3/b9-7+. The summed E-state index contributed by atoms with van der Waals surface area (Å²) in [5.41, 5.74) is 1.13. The van der Waals surface area contributed by atoms with E-state index < -0.39 is 24.4 Å². The molecule has 1 aliphatic rings. The summed E-state index contributed by atoms with van der Waals surface area (Å²) in [6.07, 6.45) is 2.53. The van der Waals surface area contributed by atoms with Crippen molar-refractivity contribution in [3.8, 4) is 11.5 Å². The first kappa shape index (κ1) is 21.0. The molecule has 0 N–H and O–H groups in total. The third kappa shape index (κ3) is 4.62. The molecule has 0 radical (unpaired) electrons. The molecular formula is C21H17F2NO6. The maximum absolute atomic E-state index is 12.3. The molecule has 9 heteroatoms. The highest BCUT2D eigenvalue weighted by atomic mass is 19.3. The molecule has 0 saturated carbocycles. The van der Waals surface area contributed by atoms with E-state index in [1.165, 1.54) is 31.4 Å². The third-order valence-electron chi connectivity index (χ3n) is 4.25. The quantitative estimate of drug-likeness (QED) is 0.373. The zero-order chi connectivity index (χ0) is 21.7. The first-order valence-electron chi connectivity index (χ1n) is 8.83. The average Bonchev–Trinajstić information content (AvgIpc) is 2.97. The van der Waals surface area contributed by atoms with Crippen molar-refractivity contribution in [3.63, 3.8) is 0 Å². The van der Waals surface area contributed by atoms with Gasteiger partial charge in [0.1, 0.15) is 6.61 Å². The van der Waals surface area contributed by atoms with Gasteiger partial charge in [-0.15, -0.1) is 0 Å². The minimum Gasteiger partial charge on any atom is -0.493 e. The Morgan fingerprint density at radius 2 is 1.73 bits per heavy atom. The number of amides is 2. The van der Waals surface area contributed by atoms with Gasteiger partial charge in [-0.05, 0) is 35.9 Å². The number of carbonyl (C=O) groups excluding carboxylic acids is 3. The molecule has 0 unspecified atom stereocenters. The number of benzene rings is 2. The number of imide groups is 1.